The molecular weight excluding hydrogens is 368 g/mol. The lowest BCUT2D eigenvalue weighted by Crippen LogP contribution is -2.25. The van der Waals surface area contributed by atoms with Gasteiger partial charge in [-0.2, -0.15) is 0 Å². The van der Waals surface area contributed by atoms with Crippen LogP contribution in [0.2, 0.25) is 0 Å². The van der Waals surface area contributed by atoms with Crippen molar-refractivity contribution in [2.24, 2.45) is 10.8 Å². The number of carbonyl (C=O) groups excluding carboxylic acids is 1. The maximum absolute atomic E-state index is 12.0. The second kappa shape index (κ2) is 11.9. The van der Waals surface area contributed by atoms with Crippen LogP contribution < -0.4 is 0 Å². The lowest BCUT2D eigenvalue weighted by molar-refractivity contribution is -0.136. The highest BCUT2D eigenvalue weighted by atomic mass is 16.5. The standard InChI is InChI=1S/C28H47O2/c1-10-12-14-16-22(17-15-13-11-2)20-23-18-19-24(27(4,5)6)26(30-21(3)29)25(23)28(7,8)9/h18,20H,10-17,19H2,1-9H3. The van der Waals surface area contributed by atoms with Gasteiger partial charge in [-0.05, 0) is 60.5 Å². The molecule has 1 aliphatic carbocycles. The Kier molecular flexibility index (Phi) is 10.6. The van der Waals surface area contributed by atoms with E-state index in [1.54, 1.807) is 5.57 Å². The van der Waals surface area contributed by atoms with Crippen LogP contribution in [0.15, 0.2) is 34.1 Å². The van der Waals surface area contributed by atoms with Crippen LogP contribution in [-0.2, 0) is 9.53 Å². The average molecular weight is 416 g/mol. The number of esters is 1. The molecule has 0 aromatic heterocycles. The van der Waals surface area contributed by atoms with Gasteiger partial charge in [0.15, 0.2) is 0 Å². The smallest absolute Gasteiger partial charge is 0.308 e. The number of rotatable bonds is 10. The van der Waals surface area contributed by atoms with E-state index in [0.717, 1.165) is 12.2 Å². The fourth-order valence-corrected chi connectivity index (χ4v) is 4.19. The summed E-state index contributed by atoms with van der Waals surface area (Å²) < 4.78 is 5.91. The molecule has 0 N–H and O–H groups in total. The van der Waals surface area contributed by atoms with E-state index in [1.807, 2.05) is 0 Å². The van der Waals surface area contributed by atoms with Crippen molar-refractivity contribution < 1.29 is 9.53 Å². The Bertz CT molecular complexity index is 648. The van der Waals surface area contributed by atoms with E-state index in [1.165, 1.54) is 75.0 Å². The summed E-state index contributed by atoms with van der Waals surface area (Å²) in [5.74, 6) is 0.586. The number of hydrogen-bond donors (Lipinski definition) is 0. The molecule has 0 saturated heterocycles. The first kappa shape index (κ1) is 26.7. The molecule has 0 saturated carbocycles. The van der Waals surface area contributed by atoms with Gasteiger partial charge in [0, 0.05) is 12.5 Å². The van der Waals surface area contributed by atoms with Crippen LogP contribution in [0.5, 0.6) is 0 Å². The Morgan fingerprint density at radius 2 is 1.47 bits per heavy atom. The molecule has 0 amide bonds. The molecule has 1 radical (unpaired) electrons. The van der Waals surface area contributed by atoms with E-state index in [2.05, 4.69) is 67.9 Å². The maximum Gasteiger partial charge on any atom is 0.308 e. The van der Waals surface area contributed by atoms with Crippen molar-refractivity contribution in [3.05, 3.63) is 40.5 Å². The Morgan fingerprint density at radius 1 is 0.933 bits per heavy atom. The van der Waals surface area contributed by atoms with Crippen molar-refractivity contribution >= 4 is 5.97 Å². The molecule has 0 heterocycles. The Labute approximate surface area is 187 Å². The number of carbonyl (C=O) groups is 1. The molecule has 171 valence electrons. The monoisotopic (exact) mass is 415 g/mol. The third-order valence-corrected chi connectivity index (χ3v) is 5.78. The van der Waals surface area contributed by atoms with E-state index >= 15 is 0 Å². The SMILES string of the molecule is CCCCCC(=CC1=C(C(C)(C)C)C(OC(C)=O)=C(C(C)(C)C)C[CH]1)CCCCC. The van der Waals surface area contributed by atoms with Crippen molar-refractivity contribution in [2.75, 3.05) is 0 Å². The summed E-state index contributed by atoms with van der Waals surface area (Å²) in [4.78, 5) is 12.0. The third-order valence-electron chi connectivity index (χ3n) is 5.78. The van der Waals surface area contributed by atoms with Gasteiger partial charge in [0.1, 0.15) is 5.76 Å². The first-order valence-corrected chi connectivity index (χ1v) is 12.1. The molecule has 0 spiro atoms. The maximum atomic E-state index is 12.0. The van der Waals surface area contributed by atoms with Gasteiger partial charge in [-0.3, -0.25) is 4.79 Å². The number of allylic oxidation sites excluding steroid dienone is 5. The van der Waals surface area contributed by atoms with Gasteiger partial charge in [-0.1, -0.05) is 92.7 Å². The van der Waals surface area contributed by atoms with Crippen molar-refractivity contribution in [3.8, 4) is 0 Å². The largest absolute Gasteiger partial charge is 0.426 e. The molecule has 2 heteroatoms. The fourth-order valence-electron chi connectivity index (χ4n) is 4.19. The minimum atomic E-state index is -0.232. The van der Waals surface area contributed by atoms with E-state index in [9.17, 15) is 4.79 Å². The van der Waals surface area contributed by atoms with E-state index < -0.39 is 0 Å². The van der Waals surface area contributed by atoms with Gasteiger partial charge in [0.2, 0.25) is 0 Å². The first-order chi connectivity index (χ1) is 13.9. The van der Waals surface area contributed by atoms with Crippen molar-refractivity contribution in [1.82, 2.24) is 0 Å². The zero-order valence-electron chi connectivity index (χ0n) is 21.3. The molecule has 30 heavy (non-hydrogen) atoms. The fraction of sp³-hybridized carbons (Fsp3) is 0.714. The Hall–Kier alpha value is -1.31. The zero-order chi connectivity index (χ0) is 22.9. The van der Waals surface area contributed by atoms with Crippen LogP contribution in [0.4, 0.5) is 0 Å². The van der Waals surface area contributed by atoms with E-state index in [0.29, 0.717) is 0 Å². The number of unbranched alkanes of at least 4 members (excludes halogenated alkanes) is 4. The van der Waals surface area contributed by atoms with Gasteiger partial charge in [-0.25, -0.2) is 0 Å². The lowest BCUT2D eigenvalue weighted by Gasteiger charge is -2.36. The predicted molar refractivity (Wildman–Crippen MR) is 130 cm³/mol. The van der Waals surface area contributed by atoms with Crippen molar-refractivity contribution in [2.45, 2.75) is 120 Å². The second-order valence-electron chi connectivity index (χ2n) is 10.9. The quantitative estimate of drug-likeness (QED) is 0.263. The minimum Gasteiger partial charge on any atom is -0.426 e. The van der Waals surface area contributed by atoms with Gasteiger partial charge in [0.25, 0.3) is 0 Å². The third kappa shape index (κ3) is 8.44. The van der Waals surface area contributed by atoms with Crippen LogP contribution in [0.3, 0.4) is 0 Å². The van der Waals surface area contributed by atoms with Crippen LogP contribution >= 0.6 is 0 Å². The zero-order valence-corrected chi connectivity index (χ0v) is 21.3. The van der Waals surface area contributed by atoms with Gasteiger partial charge in [-0.15, -0.1) is 0 Å². The molecule has 0 unspecified atom stereocenters. The minimum absolute atomic E-state index is 0.0435. The average Bonchev–Trinajstić information content (AvgIpc) is 2.59. The molecule has 0 bridgehead atoms. The lowest BCUT2D eigenvalue weighted by atomic mass is 9.71. The normalized spacial score (nSPS) is 15.5. The molecule has 0 atom stereocenters. The van der Waals surface area contributed by atoms with E-state index in [4.69, 9.17) is 4.74 Å². The molecule has 0 aromatic carbocycles. The van der Waals surface area contributed by atoms with Gasteiger partial charge < -0.3 is 4.74 Å². The summed E-state index contributed by atoms with van der Waals surface area (Å²) in [5.41, 5.74) is 5.05. The molecule has 1 aliphatic rings. The highest BCUT2D eigenvalue weighted by molar-refractivity contribution is 5.69. The summed E-state index contributed by atoms with van der Waals surface area (Å²) in [7, 11) is 0. The summed E-state index contributed by atoms with van der Waals surface area (Å²) in [6.07, 6.45) is 15.6. The number of ether oxygens (including phenoxy) is 1. The Balaban J connectivity index is 3.53. The van der Waals surface area contributed by atoms with E-state index in [-0.39, 0.29) is 16.8 Å². The van der Waals surface area contributed by atoms with Crippen LogP contribution in [0.1, 0.15) is 120 Å². The summed E-state index contributed by atoms with van der Waals surface area (Å²) >= 11 is 0. The summed E-state index contributed by atoms with van der Waals surface area (Å²) in [6.45, 7) is 19.4. The van der Waals surface area contributed by atoms with Crippen LogP contribution in [0, 0.1) is 17.3 Å². The first-order valence-electron chi connectivity index (χ1n) is 12.1. The Morgan fingerprint density at radius 3 is 1.87 bits per heavy atom. The van der Waals surface area contributed by atoms with Crippen LogP contribution in [0.25, 0.3) is 0 Å². The molecular formula is C28H47O2. The van der Waals surface area contributed by atoms with Gasteiger partial charge in [0.05, 0.1) is 0 Å². The molecule has 2 nitrogen and oxygen atoms in total. The summed E-state index contributed by atoms with van der Waals surface area (Å²) in [5, 5.41) is 0. The van der Waals surface area contributed by atoms with Gasteiger partial charge >= 0.3 is 5.97 Å². The highest BCUT2D eigenvalue weighted by Gasteiger charge is 2.35. The van der Waals surface area contributed by atoms with Crippen LogP contribution in [-0.4, -0.2) is 5.97 Å². The molecule has 1 rings (SSSR count). The highest BCUT2D eigenvalue weighted by Crippen LogP contribution is 2.46. The summed E-state index contributed by atoms with van der Waals surface area (Å²) in [6, 6.07) is 0. The number of hydrogen-bond acceptors (Lipinski definition) is 2. The topological polar surface area (TPSA) is 26.3 Å². The molecule has 0 aromatic rings. The van der Waals surface area contributed by atoms with Crippen molar-refractivity contribution in [3.63, 3.8) is 0 Å². The predicted octanol–water partition coefficient (Wildman–Crippen LogP) is 8.89. The van der Waals surface area contributed by atoms with Crippen molar-refractivity contribution in [1.29, 1.82) is 0 Å². The molecule has 0 aliphatic heterocycles. The second-order valence-corrected chi connectivity index (χ2v) is 10.9. The molecule has 0 fully saturated rings.